The molecule has 0 aliphatic carbocycles. The van der Waals surface area contributed by atoms with Gasteiger partial charge in [-0.25, -0.2) is 4.79 Å². The molecule has 26 heavy (non-hydrogen) atoms. The van der Waals surface area contributed by atoms with Crippen LogP contribution in [0, 0.1) is 11.8 Å². The maximum Gasteiger partial charge on any atom is 0.321 e. The van der Waals surface area contributed by atoms with E-state index in [0.29, 0.717) is 37.2 Å². The van der Waals surface area contributed by atoms with Crippen LogP contribution in [-0.4, -0.2) is 77.4 Å². The lowest BCUT2D eigenvalue weighted by Gasteiger charge is -2.38. The minimum Gasteiger partial charge on any atom is -0.341 e. The highest BCUT2D eigenvalue weighted by Gasteiger charge is 2.28. The predicted molar refractivity (Wildman–Crippen MR) is 101 cm³/mol. The third-order valence-corrected chi connectivity index (χ3v) is 5.15. The number of piperidine rings is 1. The lowest BCUT2D eigenvalue weighted by molar-refractivity contribution is -0.135. The SMILES string of the molecule is CC1CC(C)CN(C(=O)CN2CCN(C(=O)Nc3cccnc3)CC2)C1. The number of carbonyl (C=O) groups is 2. The average molecular weight is 359 g/mol. The Balaban J connectivity index is 1.43. The van der Waals surface area contributed by atoms with Crippen LogP contribution in [0.4, 0.5) is 10.5 Å². The molecule has 2 saturated heterocycles. The maximum absolute atomic E-state index is 12.6. The Morgan fingerprint density at radius 3 is 2.42 bits per heavy atom. The van der Waals surface area contributed by atoms with Crippen LogP contribution in [0.15, 0.2) is 24.5 Å². The number of anilines is 1. The molecule has 0 spiro atoms. The van der Waals surface area contributed by atoms with E-state index in [1.165, 1.54) is 6.42 Å². The van der Waals surface area contributed by atoms with Crippen molar-refractivity contribution in [2.75, 3.05) is 51.1 Å². The van der Waals surface area contributed by atoms with Crippen LogP contribution in [0.3, 0.4) is 0 Å². The van der Waals surface area contributed by atoms with Gasteiger partial charge in [0, 0.05) is 45.5 Å². The van der Waals surface area contributed by atoms with Crippen LogP contribution in [-0.2, 0) is 4.79 Å². The normalized spacial score (nSPS) is 24.4. The number of hydrogen-bond donors (Lipinski definition) is 1. The molecule has 3 rings (SSSR count). The number of aromatic nitrogens is 1. The summed E-state index contributed by atoms with van der Waals surface area (Å²) in [5, 5.41) is 2.86. The van der Waals surface area contributed by atoms with E-state index in [0.717, 1.165) is 26.2 Å². The zero-order valence-corrected chi connectivity index (χ0v) is 15.7. The molecule has 142 valence electrons. The Kier molecular flexibility index (Phi) is 6.08. The van der Waals surface area contributed by atoms with E-state index in [9.17, 15) is 9.59 Å². The molecule has 0 radical (unpaired) electrons. The van der Waals surface area contributed by atoms with Crippen molar-refractivity contribution < 1.29 is 9.59 Å². The van der Waals surface area contributed by atoms with E-state index in [2.05, 4.69) is 29.0 Å². The van der Waals surface area contributed by atoms with Gasteiger partial charge in [-0.1, -0.05) is 13.8 Å². The van der Waals surface area contributed by atoms with Gasteiger partial charge in [-0.2, -0.15) is 0 Å². The van der Waals surface area contributed by atoms with Crippen molar-refractivity contribution >= 4 is 17.6 Å². The number of nitrogens with one attached hydrogen (secondary N) is 1. The molecule has 2 fully saturated rings. The second-order valence-corrected chi connectivity index (χ2v) is 7.68. The van der Waals surface area contributed by atoms with Gasteiger partial charge in [0.15, 0.2) is 0 Å². The zero-order chi connectivity index (χ0) is 18.5. The molecule has 2 aliphatic heterocycles. The fourth-order valence-electron chi connectivity index (χ4n) is 3.91. The third-order valence-electron chi connectivity index (χ3n) is 5.15. The lowest BCUT2D eigenvalue weighted by Crippen LogP contribution is -2.53. The van der Waals surface area contributed by atoms with Crippen molar-refractivity contribution in [1.82, 2.24) is 19.7 Å². The molecule has 3 heterocycles. The smallest absolute Gasteiger partial charge is 0.321 e. The van der Waals surface area contributed by atoms with E-state index >= 15 is 0 Å². The number of likely N-dealkylation sites (tertiary alicyclic amines) is 1. The number of carbonyl (C=O) groups excluding carboxylic acids is 2. The van der Waals surface area contributed by atoms with Crippen LogP contribution in [0.5, 0.6) is 0 Å². The second kappa shape index (κ2) is 8.49. The summed E-state index contributed by atoms with van der Waals surface area (Å²) in [5.41, 5.74) is 0.698. The summed E-state index contributed by atoms with van der Waals surface area (Å²) in [6.07, 6.45) is 4.51. The van der Waals surface area contributed by atoms with Crippen LogP contribution in [0.2, 0.25) is 0 Å². The van der Waals surface area contributed by atoms with Gasteiger partial charge in [0.1, 0.15) is 0 Å². The van der Waals surface area contributed by atoms with E-state index in [1.54, 1.807) is 23.4 Å². The minimum atomic E-state index is -0.109. The first-order valence-electron chi connectivity index (χ1n) is 9.47. The summed E-state index contributed by atoms with van der Waals surface area (Å²) < 4.78 is 0. The third kappa shape index (κ3) is 4.94. The Morgan fingerprint density at radius 2 is 1.81 bits per heavy atom. The molecule has 1 aromatic rings. The second-order valence-electron chi connectivity index (χ2n) is 7.68. The zero-order valence-electron chi connectivity index (χ0n) is 15.7. The van der Waals surface area contributed by atoms with E-state index in [-0.39, 0.29) is 11.9 Å². The molecule has 0 saturated carbocycles. The molecule has 3 amide bonds. The number of urea groups is 1. The highest BCUT2D eigenvalue weighted by Crippen LogP contribution is 2.21. The van der Waals surface area contributed by atoms with Gasteiger partial charge in [0.05, 0.1) is 18.4 Å². The van der Waals surface area contributed by atoms with Gasteiger partial charge in [0.2, 0.25) is 5.91 Å². The van der Waals surface area contributed by atoms with Gasteiger partial charge in [-0.3, -0.25) is 14.7 Å². The molecule has 2 unspecified atom stereocenters. The number of hydrogen-bond acceptors (Lipinski definition) is 4. The maximum atomic E-state index is 12.6. The molecule has 1 N–H and O–H groups in total. The van der Waals surface area contributed by atoms with Crippen molar-refractivity contribution in [3.63, 3.8) is 0 Å². The standard InChI is InChI=1S/C19H29N5O2/c1-15-10-16(2)13-24(12-15)18(25)14-22-6-8-23(9-7-22)19(26)21-17-4-3-5-20-11-17/h3-5,11,15-16H,6-10,12-14H2,1-2H3,(H,21,26). The fourth-order valence-corrected chi connectivity index (χ4v) is 3.91. The van der Waals surface area contributed by atoms with Crippen molar-refractivity contribution in [2.45, 2.75) is 20.3 Å². The van der Waals surface area contributed by atoms with Crippen molar-refractivity contribution in [3.05, 3.63) is 24.5 Å². The monoisotopic (exact) mass is 359 g/mol. The fraction of sp³-hybridized carbons (Fsp3) is 0.632. The first kappa shape index (κ1) is 18.6. The number of rotatable bonds is 3. The highest BCUT2D eigenvalue weighted by molar-refractivity contribution is 5.89. The van der Waals surface area contributed by atoms with E-state index in [1.807, 2.05) is 11.0 Å². The highest BCUT2D eigenvalue weighted by atomic mass is 16.2. The van der Waals surface area contributed by atoms with Gasteiger partial charge >= 0.3 is 6.03 Å². The molecule has 2 atom stereocenters. The first-order valence-corrected chi connectivity index (χ1v) is 9.47. The van der Waals surface area contributed by atoms with E-state index < -0.39 is 0 Å². The molecule has 7 nitrogen and oxygen atoms in total. The quantitative estimate of drug-likeness (QED) is 0.892. The van der Waals surface area contributed by atoms with E-state index in [4.69, 9.17) is 0 Å². The topological polar surface area (TPSA) is 68.8 Å². The van der Waals surface area contributed by atoms with Gasteiger partial charge < -0.3 is 15.1 Å². The van der Waals surface area contributed by atoms with Crippen LogP contribution < -0.4 is 5.32 Å². The molecular weight excluding hydrogens is 330 g/mol. The molecule has 1 aromatic heterocycles. The Labute approximate surface area is 155 Å². The van der Waals surface area contributed by atoms with Crippen molar-refractivity contribution in [3.8, 4) is 0 Å². The average Bonchev–Trinajstić information content (AvgIpc) is 2.62. The summed E-state index contributed by atoms with van der Waals surface area (Å²) in [6, 6.07) is 3.50. The first-order chi connectivity index (χ1) is 12.5. The summed E-state index contributed by atoms with van der Waals surface area (Å²) >= 11 is 0. The molecular formula is C19H29N5O2. The van der Waals surface area contributed by atoms with Crippen LogP contribution in [0.1, 0.15) is 20.3 Å². The molecule has 0 bridgehead atoms. The molecule has 2 aliphatic rings. The van der Waals surface area contributed by atoms with Crippen molar-refractivity contribution in [1.29, 1.82) is 0 Å². The largest absolute Gasteiger partial charge is 0.341 e. The van der Waals surface area contributed by atoms with Crippen molar-refractivity contribution in [2.24, 2.45) is 11.8 Å². The summed E-state index contributed by atoms with van der Waals surface area (Å²) in [5.74, 6) is 1.38. The predicted octanol–water partition coefficient (Wildman–Crippen LogP) is 1.74. The Hall–Kier alpha value is -2.15. The van der Waals surface area contributed by atoms with Crippen LogP contribution >= 0.6 is 0 Å². The van der Waals surface area contributed by atoms with Gasteiger partial charge in [-0.15, -0.1) is 0 Å². The number of nitrogens with zero attached hydrogens (tertiary/aromatic N) is 4. The summed E-state index contributed by atoms with van der Waals surface area (Å²) in [6.45, 7) is 9.35. The minimum absolute atomic E-state index is 0.109. The number of piperazine rings is 1. The Morgan fingerprint density at radius 1 is 1.12 bits per heavy atom. The van der Waals surface area contributed by atoms with Gasteiger partial charge in [0.25, 0.3) is 0 Å². The van der Waals surface area contributed by atoms with Crippen LogP contribution in [0.25, 0.3) is 0 Å². The van der Waals surface area contributed by atoms with Gasteiger partial charge in [-0.05, 0) is 30.4 Å². The lowest BCUT2D eigenvalue weighted by atomic mass is 9.92. The summed E-state index contributed by atoms with van der Waals surface area (Å²) in [4.78, 5) is 34.9. The Bertz CT molecular complexity index is 606. The molecule has 7 heteroatoms. The molecule has 0 aromatic carbocycles. The summed E-state index contributed by atoms with van der Waals surface area (Å²) in [7, 11) is 0. The number of pyridine rings is 1. The number of amides is 3.